The molecule has 6 nitrogen and oxygen atoms in total. The molecule has 1 aliphatic rings. The lowest BCUT2D eigenvalue weighted by Gasteiger charge is -2.38. The van der Waals surface area contributed by atoms with Gasteiger partial charge in [-0.25, -0.2) is 0 Å². The molecular weight excluding hydrogens is 360 g/mol. The quantitative estimate of drug-likeness (QED) is 0.828. The standard InChI is InChI=1S/C20H24N4O2S/c1-3-26-18-7-5-4-6-17(18)24-11-9-23(10-12-24)15(2)19(25)22-20-16(14-21)8-13-27-20/h4-8,13,15H,3,9-12H2,1-2H3,(H,22,25)/t15-/m0/s1. The van der Waals surface area contributed by atoms with E-state index < -0.39 is 0 Å². The molecule has 1 fully saturated rings. The predicted octanol–water partition coefficient (Wildman–Crippen LogP) is 3.17. The summed E-state index contributed by atoms with van der Waals surface area (Å²) in [5.74, 6) is 0.832. The van der Waals surface area contributed by atoms with Crippen molar-refractivity contribution in [1.29, 1.82) is 5.26 Å². The van der Waals surface area contributed by atoms with E-state index in [0.29, 0.717) is 17.2 Å². The second-order valence-electron chi connectivity index (χ2n) is 6.36. The monoisotopic (exact) mass is 384 g/mol. The molecule has 0 radical (unpaired) electrons. The van der Waals surface area contributed by atoms with E-state index in [1.807, 2.05) is 37.4 Å². The van der Waals surface area contributed by atoms with E-state index in [1.165, 1.54) is 11.3 Å². The van der Waals surface area contributed by atoms with Crippen LogP contribution in [0.25, 0.3) is 0 Å². The zero-order valence-corrected chi connectivity index (χ0v) is 16.5. The number of carbonyl (C=O) groups excluding carboxylic acids is 1. The summed E-state index contributed by atoms with van der Waals surface area (Å²) < 4.78 is 5.74. The fourth-order valence-electron chi connectivity index (χ4n) is 3.22. The minimum absolute atomic E-state index is 0.0721. The first-order valence-electron chi connectivity index (χ1n) is 9.13. The molecule has 3 rings (SSSR count). The summed E-state index contributed by atoms with van der Waals surface area (Å²) in [7, 11) is 0. The van der Waals surface area contributed by atoms with Gasteiger partial charge < -0.3 is 15.0 Å². The van der Waals surface area contributed by atoms with Crippen molar-refractivity contribution in [3.63, 3.8) is 0 Å². The van der Waals surface area contributed by atoms with Crippen molar-refractivity contribution in [3.05, 3.63) is 41.3 Å². The van der Waals surface area contributed by atoms with Crippen molar-refractivity contribution in [2.75, 3.05) is 43.0 Å². The Kier molecular flexibility index (Phi) is 6.32. The molecule has 1 aromatic heterocycles. The van der Waals surface area contributed by atoms with Crippen LogP contribution < -0.4 is 15.0 Å². The number of hydrogen-bond donors (Lipinski definition) is 1. The number of anilines is 2. The number of carbonyl (C=O) groups is 1. The molecule has 0 saturated carbocycles. The van der Waals surface area contributed by atoms with Crippen LogP contribution in [0.15, 0.2) is 35.7 Å². The number of ether oxygens (including phenoxy) is 1. The molecule has 2 heterocycles. The van der Waals surface area contributed by atoms with Gasteiger partial charge in [0.2, 0.25) is 5.91 Å². The number of rotatable bonds is 6. The van der Waals surface area contributed by atoms with Crippen LogP contribution in [0.2, 0.25) is 0 Å². The highest BCUT2D eigenvalue weighted by Crippen LogP contribution is 2.29. The largest absolute Gasteiger partial charge is 0.492 e. The molecule has 1 aromatic carbocycles. The van der Waals surface area contributed by atoms with Crippen molar-refractivity contribution in [2.24, 2.45) is 0 Å². The lowest BCUT2D eigenvalue weighted by atomic mass is 10.2. The van der Waals surface area contributed by atoms with Crippen LogP contribution in [0.1, 0.15) is 19.4 Å². The minimum Gasteiger partial charge on any atom is -0.492 e. The van der Waals surface area contributed by atoms with E-state index in [-0.39, 0.29) is 11.9 Å². The van der Waals surface area contributed by atoms with E-state index >= 15 is 0 Å². The van der Waals surface area contributed by atoms with E-state index in [4.69, 9.17) is 10.00 Å². The highest BCUT2D eigenvalue weighted by atomic mass is 32.1. The molecule has 0 bridgehead atoms. The lowest BCUT2D eigenvalue weighted by Crippen LogP contribution is -2.52. The first kappa shape index (κ1) is 19.2. The lowest BCUT2D eigenvalue weighted by molar-refractivity contribution is -0.120. The van der Waals surface area contributed by atoms with Crippen molar-refractivity contribution >= 4 is 27.9 Å². The Hall–Kier alpha value is -2.56. The summed E-state index contributed by atoms with van der Waals surface area (Å²) >= 11 is 1.38. The summed E-state index contributed by atoms with van der Waals surface area (Å²) in [5.41, 5.74) is 1.62. The van der Waals surface area contributed by atoms with Crippen molar-refractivity contribution in [2.45, 2.75) is 19.9 Å². The maximum absolute atomic E-state index is 12.6. The van der Waals surface area contributed by atoms with Gasteiger partial charge in [0.1, 0.15) is 16.8 Å². The number of amides is 1. The van der Waals surface area contributed by atoms with Gasteiger partial charge in [-0.2, -0.15) is 5.26 Å². The fourth-order valence-corrected chi connectivity index (χ4v) is 3.96. The Morgan fingerprint density at radius 3 is 2.74 bits per heavy atom. The summed E-state index contributed by atoms with van der Waals surface area (Å²) in [5, 5.41) is 14.4. The number of thiophene rings is 1. The predicted molar refractivity (Wildman–Crippen MR) is 109 cm³/mol. The average Bonchev–Trinajstić information content (AvgIpc) is 3.15. The van der Waals surface area contributed by atoms with Crippen LogP contribution in [-0.4, -0.2) is 49.6 Å². The van der Waals surface area contributed by atoms with Crippen LogP contribution in [0.4, 0.5) is 10.7 Å². The minimum atomic E-state index is -0.247. The number of benzene rings is 1. The number of nitrogens with one attached hydrogen (secondary N) is 1. The first-order valence-corrected chi connectivity index (χ1v) is 10.0. The third-order valence-corrected chi connectivity index (χ3v) is 5.60. The van der Waals surface area contributed by atoms with Crippen LogP contribution in [0, 0.1) is 11.3 Å². The maximum atomic E-state index is 12.6. The van der Waals surface area contributed by atoms with Gasteiger partial charge in [0, 0.05) is 26.2 Å². The molecule has 1 aliphatic heterocycles. The number of nitriles is 1. The van der Waals surface area contributed by atoms with Gasteiger partial charge in [0.25, 0.3) is 0 Å². The molecule has 2 aromatic rings. The van der Waals surface area contributed by atoms with E-state index in [0.717, 1.165) is 37.6 Å². The van der Waals surface area contributed by atoms with Crippen LogP contribution >= 0.6 is 11.3 Å². The zero-order chi connectivity index (χ0) is 19.2. The van der Waals surface area contributed by atoms with Crippen molar-refractivity contribution in [3.8, 4) is 11.8 Å². The van der Waals surface area contributed by atoms with Crippen molar-refractivity contribution < 1.29 is 9.53 Å². The SMILES string of the molecule is CCOc1ccccc1N1CCN([C@@H](C)C(=O)Nc2sccc2C#N)CC1. The Labute approximate surface area is 164 Å². The Morgan fingerprint density at radius 1 is 1.30 bits per heavy atom. The van der Waals surface area contributed by atoms with Crippen LogP contribution in [0.5, 0.6) is 5.75 Å². The molecule has 7 heteroatoms. The smallest absolute Gasteiger partial charge is 0.242 e. The second-order valence-corrected chi connectivity index (χ2v) is 7.28. The summed E-state index contributed by atoms with van der Waals surface area (Å²) in [6.07, 6.45) is 0. The first-order chi connectivity index (χ1) is 13.1. The van der Waals surface area contributed by atoms with E-state index in [1.54, 1.807) is 6.07 Å². The molecule has 1 amide bonds. The Balaban J connectivity index is 1.59. The number of para-hydroxylation sites is 2. The van der Waals surface area contributed by atoms with Crippen LogP contribution in [0.3, 0.4) is 0 Å². The Bertz CT molecular complexity index is 821. The van der Waals surface area contributed by atoms with Gasteiger partial charge in [0.05, 0.1) is 23.9 Å². The third-order valence-electron chi connectivity index (χ3n) is 4.77. The molecule has 0 aliphatic carbocycles. The van der Waals surface area contributed by atoms with Gasteiger partial charge in [-0.05, 0) is 37.4 Å². The maximum Gasteiger partial charge on any atom is 0.242 e. The number of nitrogens with zero attached hydrogens (tertiary/aromatic N) is 3. The molecule has 27 heavy (non-hydrogen) atoms. The fraction of sp³-hybridized carbons (Fsp3) is 0.400. The highest BCUT2D eigenvalue weighted by molar-refractivity contribution is 7.14. The van der Waals surface area contributed by atoms with E-state index in [2.05, 4.69) is 27.3 Å². The van der Waals surface area contributed by atoms with Gasteiger partial charge >= 0.3 is 0 Å². The highest BCUT2D eigenvalue weighted by Gasteiger charge is 2.27. The molecule has 0 spiro atoms. The summed E-state index contributed by atoms with van der Waals surface area (Å²) in [6, 6.07) is 11.7. The average molecular weight is 385 g/mol. The van der Waals surface area contributed by atoms with Crippen LogP contribution in [-0.2, 0) is 4.79 Å². The Morgan fingerprint density at radius 2 is 2.04 bits per heavy atom. The molecule has 0 unspecified atom stereocenters. The van der Waals surface area contributed by atoms with Gasteiger partial charge in [-0.1, -0.05) is 12.1 Å². The van der Waals surface area contributed by atoms with Gasteiger partial charge in [-0.15, -0.1) is 11.3 Å². The van der Waals surface area contributed by atoms with Crippen molar-refractivity contribution in [1.82, 2.24) is 4.90 Å². The van der Waals surface area contributed by atoms with Gasteiger partial charge in [0.15, 0.2) is 0 Å². The number of hydrogen-bond acceptors (Lipinski definition) is 6. The normalized spacial score (nSPS) is 15.8. The molecule has 1 N–H and O–H groups in total. The summed E-state index contributed by atoms with van der Waals surface area (Å²) in [4.78, 5) is 17.1. The molecule has 142 valence electrons. The third kappa shape index (κ3) is 4.41. The van der Waals surface area contributed by atoms with Gasteiger partial charge in [-0.3, -0.25) is 9.69 Å². The molecular formula is C20H24N4O2S. The summed E-state index contributed by atoms with van der Waals surface area (Å²) in [6.45, 7) is 7.81. The molecule has 1 atom stereocenters. The zero-order valence-electron chi connectivity index (χ0n) is 15.6. The number of piperazine rings is 1. The van der Waals surface area contributed by atoms with E-state index in [9.17, 15) is 4.79 Å². The molecule has 1 saturated heterocycles. The topological polar surface area (TPSA) is 68.6 Å². The second kappa shape index (κ2) is 8.89.